The zero-order chi connectivity index (χ0) is 20.0. The largest absolute Gasteiger partial charge is 0.496 e. The van der Waals surface area contributed by atoms with Crippen molar-refractivity contribution in [3.63, 3.8) is 0 Å². The molecule has 0 radical (unpaired) electrons. The molecule has 0 fully saturated rings. The minimum atomic E-state index is -0.679. The van der Waals surface area contributed by atoms with Gasteiger partial charge in [0.15, 0.2) is 5.69 Å². The van der Waals surface area contributed by atoms with E-state index in [4.69, 9.17) is 10.5 Å². The number of nitrogen functional groups attached to an aromatic ring is 1. The van der Waals surface area contributed by atoms with Gasteiger partial charge in [-0.15, -0.1) is 0 Å². The first kappa shape index (κ1) is 20.3. The predicted molar refractivity (Wildman–Crippen MR) is 106 cm³/mol. The van der Waals surface area contributed by atoms with Crippen LogP contribution in [0.25, 0.3) is 0 Å². The van der Waals surface area contributed by atoms with E-state index >= 15 is 0 Å². The van der Waals surface area contributed by atoms with Gasteiger partial charge in [0.2, 0.25) is 0 Å². The quantitative estimate of drug-likeness (QED) is 0.734. The van der Waals surface area contributed by atoms with Crippen LogP contribution in [-0.2, 0) is 6.54 Å². The molecule has 8 heteroatoms. The molecule has 146 valence electrons. The average molecular weight is 374 g/mol. The maximum absolute atomic E-state index is 13.2. The number of nitrogens with one attached hydrogen (secondary N) is 1. The fourth-order valence-corrected chi connectivity index (χ4v) is 2.88. The molecule has 3 N–H and O–H groups in total. The van der Waals surface area contributed by atoms with Crippen LogP contribution in [0.4, 0.5) is 11.5 Å². The van der Waals surface area contributed by atoms with Gasteiger partial charge < -0.3 is 15.4 Å². The van der Waals surface area contributed by atoms with Crippen molar-refractivity contribution in [3.05, 3.63) is 50.7 Å². The van der Waals surface area contributed by atoms with Crippen LogP contribution >= 0.6 is 0 Å². The van der Waals surface area contributed by atoms with E-state index in [9.17, 15) is 14.4 Å². The number of benzene rings is 1. The summed E-state index contributed by atoms with van der Waals surface area (Å²) in [5, 5.41) is 0. The second kappa shape index (κ2) is 9.07. The van der Waals surface area contributed by atoms with Crippen LogP contribution in [0.5, 0.6) is 5.75 Å². The molecule has 0 unspecified atom stereocenters. The van der Waals surface area contributed by atoms with E-state index in [1.807, 2.05) is 13.8 Å². The highest BCUT2D eigenvalue weighted by atomic mass is 16.5. The zero-order valence-electron chi connectivity index (χ0n) is 15.9. The number of carbonyl (C=O) groups is 1. The van der Waals surface area contributed by atoms with Crippen LogP contribution in [0.15, 0.2) is 33.9 Å². The number of carbonyl (C=O) groups excluding carboxylic acids is 1. The van der Waals surface area contributed by atoms with Gasteiger partial charge in [-0.1, -0.05) is 32.4 Å². The summed E-state index contributed by atoms with van der Waals surface area (Å²) >= 11 is 0. The van der Waals surface area contributed by atoms with E-state index in [1.54, 1.807) is 24.3 Å². The molecular weight excluding hydrogens is 348 g/mol. The topological polar surface area (TPSA) is 110 Å². The number of amides is 1. The van der Waals surface area contributed by atoms with Gasteiger partial charge in [0.05, 0.1) is 12.7 Å². The van der Waals surface area contributed by atoms with E-state index < -0.39 is 17.2 Å². The number of H-pyrrole nitrogens is 1. The number of aromatic nitrogens is 2. The minimum absolute atomic E-state index is 0.00565. The lowest BCUT2D eigenvalue weighted by atomic mass is 10.1. The number of ether oxygens (including phenoxy) is 1. The third-order valence-corrected chi connectivity index (χ3v) is 4.25. The number of hydrogen-bond acceptors (Lipinski definition) is 5. The number of unbranched alkanes of at least 4 members (excludes halogenated alkanes) is 1. The highest BCUT2D eigenvalue weighted by Gasteiger charge is 2.26. The fourth-order valence-electron chi connectivity index (χ4n) is 2.88. The summed E-state index contributed by atoms with van der Waals surface area (Å²) in [6, 6.07) is 6.77. The van der Waals surface area contributed by atoms with Gasteiger partial charge in [-0.25, -0.2) is 4.79 Å². The maximum Gasteiger partial charge on any atom is 0.330 e. The molecule has 1 aromatic heterocycles. The Balaban J connectivity index is 2.61. The van der Waals surface area contributed by atoms with E-state index in [1.165, 1.54) is 16.6 Å². The van der Waals surface area contributed by atoms with Crippen molar-refractivity contribution in [2.24, 2.45) is 0 Å². The number of aromatic amines is 1. The number of nitrogens with two attached hydrogens (primary N) is 1. The summed E-state index contributed by atoms with van der Waals surface area (Å²) in [5.41, 5.74) is 5.22. The van der Waals surface area contributed by atoms with Gasteiger partial charge in [0.25, 0.3) is 11.5 Å². The Morgan fingerprint density at radius 1 is 1.22 bits per heavy atom. The Bertz CT molecular complexity index is 917. The molecule has 0 bridgehead atoms. The monoisotopic (exact) mass is 374 g/mol. The minimum Gasteiger partial charge on any atom is -0.496 e. The zero-order valence-corrected chi connectivity index (χ0v) is 15.9. The number of hydrogen-bond donors (Lipinski definition) is 2. The SMILES string of the molecule is CCCCn1c(N)c(N(CCC)C(=O)c2ccccc2OC)c(=O)[nH]c1=O. The third kappa shape index (κ3) is 4.21. The van der Waals surface area contributed by atoms with Crippen molar-refractivity contribution in [3.8, 4) is 5.75 Å². The van der Waals surface area contributed by atoms with E-state index in [0.717, 1.165) is 12.8 Å². The molecule has 8 nitrogen and oxygen atoms in total. The Labute approximate surface area is 157 Å². The van der Waals surface area contributed by atoms with Crippen LogP contribution in [0.3, 0.4) is 0 Å². The molecular formula is C19H26N4O4. The van der Waals surface area contributed by atoms with Crippen LogP contribution in [-0.4, -0.2) is 29.1 Å². The molecule has 0 aliphatic carbocycles. The highest BCUT2D eigenvalue weighted by molar-refractivity contribution is 6.08. The fraction of sp³-hybridized carbons (Fsp3) is 0.421. The molecule has 27 heavy (non-hydrogen) atoms. The molecule has 0 saturated heterocycles. The molecule has 0 aliphatic rings. The van der Waals surface area contributed by atoms with Crippen LogP contribution in [0.1, 0.15) is 43.5 Å². The van der Waals surface area contributed by atoms with E-state index in [2.05, 4.69) is 4.98 Å². The van der Waals surface area contributed by atoms with Gasteiger partial charge in [-0.05, 0) is 25.0 Å². The van der Waals surface area contributed by atoms with Crippen molar-refractivity contribution in [1.82, 2.24) is 9.55 Å². The van der Waals surface area contributed by atoms with Crippen molar-refractivity contribution in [2.45, 2.75) is 39.7 Å². The Hall–Kier alpha value is -3.03. The van der Waals surface area contributed by atoms with Gasteiger partial charge in [-0.3, -0.25) is 19.1 Å². The molecule has 2 rings (SSSR count). The van der Waals surface area contributed by atoms with Crippen LogP contribution in [0, 0.1) is 0 Å². The van der Waals surface area contributed by atoms with Gasteiger partial charge in [-0.2, -0.15) is 0 Å². The van der Waals surface area contributed by atoms with Gasteiger partial charge in [0, 0.05) is 13.1 Å². The van der Waals surface area contributed by atoms with E-state index in [-0.39, 0.29) is 18.1 Å². The lowest BCUT2D eigenvalue weighted by Crippen LogP contribution is -2.41. The highest BCUT2D eigenvalue weighted by Crippen LogP contribution is 2.24. The number of rotatable bonds is 8. The van der Waals surface area contributed by atoms with Crippen LogP contribution < -0.4 is 26.6 Å². The maximum atomic E-state index is 13.2. The normalized spacial score (nSPS) is 10.6. The molecule has 1 amide bonds. The lowest BCUT2D eigenvalue weighted by Gasteiger charge is -2.24. The van der Waals surface area contributed by atoms with Crippen molar-refractivity contribution < 1.29 is 9.53 Å². The summed E-state index contributed by atoms with van der Waals surface area (Å²) in [5.74, 6) is -0.0148. The summed E-state index contributed by atoms with van der Waals surface area (Å²) in [7, 11) is 1.47. The Morgan fingerprint density at radius 3 is 2.56 bits per heavy atom. The predicted octanol–water partition coefficient (Wildman–Crippen LogP) is 1.98. The lowest BCUT2D eigenvalue weighted by molar-refractivity contribution is 0.0983. The van der Waals surface area contributed by atoms with Crippen molar-refractivity contribution in [2.75, 3.05) is 24.3 Å². The van der Waals surface area contributed by atoms with E-state index in [0.29, 0.717) is 24.3 Å². The molecule has 0 atom stereocenters. The van der Waals surface area contributed by atoms with Crippen LogP contribution in [0.2, 0.25) is 0 Å². The first-order valence-electron chi connectivity index (χ1n) is 9.03. The second-order valence-electron chi connectivity index (χ2n) is 6.16. The standard InChI is InChI=1S/C19H26N4O4/c1-4-6-12-23-16(20)15(17(24)21-19(23)26)22(11-5-2)18(25)13-9-7-8-10-14(13)27-3/h7-10H,4-6,11-12,20H2,1-3H3,(H,21,24,26). The smallest absolute Gasteiger partial charge is 0.330 e. The molecule has 0 aliphatic heterocycles. The van der Waals surface area contributed by atoms with Gasteiger partial charge in [0.1, 0.15) is 11.6 Å². The third-order valence-electron chi connectivity index (χ3n) is 4.25. The molecule has 1 aromatic carbocycles. The summed E-state index contributed by atoms with van der Waals surface area (Å²) in [6.07, 6.45) is 2.19. The number of para-hydroxylation sites is 1. The average Bonchev–Trinajstić information content (AvgIpc) is 2.66. The Morgan fingerprint density at radius 2 is 1.93 bits per heavy atom. The Kier molecular flexibility index (Phi) is 6.81. The molecule has 1 heterocycles. The number of anilines is 2. The van der Waals surface area contributed by atoms with Crippen molar-refractivity contribution in [1.29, 1.82) is 0 Å². The van der Waals surface area contributed by atoms with Gasteiger partial charge >= 0.3 is 5.69 Å². The summed E-state index contributed by atoms with van der Waals surface area (Å²) in [4.78, 5) is 41.4. The molecule has 0 spiro atoms. The molecule has 0 saturated carbocycles. The van der Waals surface area contributed by atoms with Crippen molar-refractivity contribution >= 4 is 17.4 Å². The first-order valence-corrected chi connectivity index (χ1v) is 9.03. The summed E-state index contributed by atoms with van der Waals surface area (Å²) in [6.45, 7) is 4.52. The summed E-state index contributed by atoms with van der Waals surface area (Å²) < 4.78 is 6.57. The first-order chi connectivity index (χ1) is 13.0. The number of methoxy groups -OCH3 is 1. The molecule has 2 aromatic rings. The number of nitrogens with zero attached hydrogens (tertiary/aromatic N) is 2. The second-order valence-corrected chi connectivity index (χ2v) is 6.16.